The fourth-order valence-corrected chi connectivity index (χ4v) is 4.51. The second-order valence-electron chi connectivity index (χ2n) is 9.47. The van der Waals surface area contributed by atoms with Gasteiger partial charge in [-0.3, -0.25) is 19.7 Å². The van der Waals surface area contributed by atoms with Crippen molar-refractivity contribution < 1.29 is 23.5 Å². The van der Waals surface area contributed by atoms with Crippen molar-refractivity contribution in [2.45, 2.75) is 51.1 Å². The van der Waals surface area contributed by atoms with Crippen molar-refractivity contribution in [3.63, 3.8) is 0 Å². The van der Waals surface area contributed by atoms with Crippen LogP contribution in [0.3, 0.4) is 0 Å². The van der Waals surface area contributed by atoms with Crippen molar-refractivity contribution in [3.05, 3.63) is 89.7 Å². The third-order valence-electron chi connectivity index (χ3n) is 6.68. The SMILES string of the molecule is O=C1C=C(CCCCCOc2ccccc2CN(C(=O)c2ccc(-c3ccco3)cc2)C2CC2)C(=O)N1. The first-order valence-electron chi connectivity index (χ1n) is 12.8. The number of carbonyl (C=O) groups is 3. The van der Waals surface area contributed by atoms with Gasteiger partial charge in [-0.1, -0.05) is 30.3 Å². The second kappa shape index (κ2) is 11.3. The third kappa shape index (κ3) is 6.17. The van der Waals surface area contributed by atoms with Crippen LogP contribution in [0.1, 0.15) is 54.4 Å². The van der Waals surface area contributed by atoms with Crippen molar-refractivity contribution in [1.29, 1.82) is 0 Å². The second-order valence-corrected chi connectivity index (χ2v) is 9.47. The summed E-state index contributed by atoms with van der Waals surface area (Å²) in [5, 5.41) is 2.27. The molecule has 1 aliphatic carbocycles. The molecular formula is C30H30N2O5. The molecule has 1 saturated carbocycles. The quantitative estimate of drug-likeness (QED) is 0.271. The van der Waals surface area contributed by atoms with E-state index in [2.05, 4.69) is 5.32 Å². The molecule has 0 bridgehead atoms. The normalized spacial score (nSPS) is 14.9. The lowest BCUT2D eigenvalue weighted by molar-refractivity contribution is -0.123. The number of ether oxygens (including phenoxy) is 1. The number of carbonyl (C=O) groups excluding carboxylic acids is 3. The number of unbranched alkanes of at least 4 members (excludes halogenated alkanes) is 2. The minimum Gasteiger partial charge on any atom is -0.493 e. The van der Waals surface area contributed by atoms with Gasteiger partial charge >= 0.3 is 0 Å². The largest absolute Gasteiger partial charge is 0.493 e. The smallest absolute Gasteiger partial charge is 0.254 e. The topological polar surface area (TPSA) is 88.8 Å². The zero-order valence-electron chi connectivity index (χ0n) is 20.7. The molecule has 2 aliphatic rings. The van der Waals surface area contributed by atoms with Gasteiger partial charge in [-0.2, -0.15) is 0 Å². The predicted molar refractivity (Wildman–Crippen MR) is 139 cm³/mol. The highest BCUT2D eigenvalue weighted by molar-refractivity contribution is 6.16. The number of imide groups is 1. The number of furan rings is 1. The van der Waals surface area contributed by atoms with Crippen LogP contribution in [0.4, 0.5) is 0 Å². The molecule has 1 aromatic heterocycles. The number of hydrogen-bond donors (Lipinski definition) is 1. The minimum absolute atomic E-state index is 0.0204. The highest BCUT2D eigenvalue weighted by atomic mass is 16.5. The van der Waals surface area contributed by atoms with E-state index in [-0.39, 0.29) is 23.8 Å². The van der Waals surface area contributed by atoms with Gasteiger partial charge in [0.25, 0.3) is 17.7 Å². The molecule has 0 unspecified atom stereocenters. The Morgan fingerprint density at radius 1 is 0.973 bits per heavy atom. The monoisotopic (exact) mass is 498 g/mol. The van der Waals surface area contributed by atoms with Crippen LogP contribution >= 0.6 is 0 Å². The van der Waals surface area contributed by atoms with Gasteiger partial charge in [0.15, 0.2) is 0 Å². The molecule has 190 valence electrons. The van der Waals surface area contributed by atoms with Crippen LogP contribution in [0, 0.1) is 0 Å². The number of benzene rings is 2. The van der Waals surface area contributed by atoms with Crippen LogP contribution in [-0.4, -0.2) is 35.3 Å². The van der Waals surface area contributed by atoms with Gasteiger partial charge < -0.3 is 14.1 Å². The van der Waals surface area contributed by atoms with E-state index < -0.39 is 0 Å². The summed E-state index contributed by atoms with van der Waals surface area (Å²) >= 11 is 0. The lowest BCUT2D eigenvalue weighted by Gasteiger charge is -2.24. The van der Waals surface area contributed by atoms with Crippen LogP contribution in [-0.2, 0) is 16.1 Å². The molecule has 2 aromatic carbocycles. The number of nitrogens with one attached hydrogen (secondary N) is 1. The molecule has 37 heavy (non-hydrogen) atoms. The van der Waals surface area contributed by atoms with Crippen molar-refractivity contribution in [3.8, 4) is 17.1 Å². The molecule has 2 heterocycles. The molecule has 3 aromatic rings. The summed E-state index contributed by atoms with van der Waals surface area (Å²) < 4.78 is 11.5. The van der Waals surface area contributed by atoms with Crippen LogP contribution in [0.2, 0.25) is 0 Å². The van der Waals surface area contributed by atoms with Gasteiger partial charge in [-0.25, -0.2) is 0 Å². The minimum atomic E-state index is -0.329. The zero-order chi connectivity index (χ0) is 25.6. The molecule has 0 atom stereocenters. The molecule has 0 radical (unpaired) electrons. The number of hydrogen-bond acceptors (Lipinski definition) is 5. The van der Waals surface area contributed by atoms with Crippen molar-refractivity contribution >= 4 is 17.7 Å². The van der Waals surface area contributed by atoms with E-state index in [0.29, 0.717) is 30.7 Å². The lowest BCUT2D eigenvalue weighted by Crippen LogP contribution is -2.32. The molecule has 0 saturated heterocycles. The van der Waals surface area contributed by atoms with Crippen LogP contribution < -0.4 is 10.1 Å². The Bertz CT molecular complexity index is 1290. The molecule has 0 spiro atoms. The Kier molecular flexibility index (Phi) is 7.49. The molecule has 7 heteroatoms. The molecule has 1 N–H and O–H groups in total. The first kappa shape index (κ1) is 24.6. The molecule has 3 amide bonds. The van der Waals surface area contributed by atoms with E-state index in [1.54, 1.807) is 6.26 Å². The maximum absolute atomic E-state index is 13.4. The van der Waals surface area contributed by atoms with Crippen LogP contribution in [0.15, 0.2) is 83.0 Å². The zero-order valence-corrected chi connectivity index (χ0v) is 20.7. The molecular weight excluding hydrogens is 468 g/mol. The van der Waals surface area contributed by atoms with Gasteiger partial charge in [-0.15, -0.1) is 0 Å². The Labute approximate surface area is 216 Å². The van der Waals surface area contributed by atoms with Crippen molar-refractivity contribution in [1.82, 2.24) is 10.2 Å². The van der Waals surface area contributed by atoms with Crippen LogP contribution in [0.5, 0.6) is 5.75 Å². The fraction of sp³-hybridized carbons (Fsp3) is 0.300. The Hall–Kier alpha value is -4.13. The molecule has 5 rings (SSSR count). The maximum Gasteiger partial charge on any atom is 0.254 e. The summed E-state index contributed by atoms with van der Waals surface area (Å²) in [7, 11) is 0. The number of amides is 3. The van der Waals surface area contributed by atoms with Gasteiger partial charge in [0.2, 0.25) is 0 Å². The summed E-state index contributed by atoms with van der Waals surface area (Å²) in [4.78, 5) is 38.2. The Morgan fingerprint density at radius 3 is 2.49 bits per heavy atom. The first-order chi connectivity index (χ1) is 18.1. The van der Waals surface area contributed by atoms with E-state index in [4.69, 9.17) is 9.15 Å². The van der Waals surface area contributed by atoms with Gasteiger partial charge in [0.1, 0.15) is 11.5 Å². The maximum atomic E-state index is 13.4. The third-order valence-corrected chi connectivity index (χ3v) is 6.68. The van der Waals surface area contributed by atoms with Gasteiger partial charge in [0, 0.05) is 40.9 Å². The highest BCUT2D eigenvalue weighted by Crippen LogP contribution is 2.32. The van der Waals surface area contributed by atoms with E-state index in [1.165, 1.54) is 6.08 Å². The van der Waals surface area contributed by atoms with E-state index >= 15 is 0 Å². The van der Waals surface area contributed by atoms with E-state index in [1.807, 2.05) is 65.6 Å². The van der Waals surface area contributed by atoms with Gasteiger partial charge in [-0.05, 0) is 68.9 Å². The summed E-state index contributed by atoms with van der Waals surface area (Å²) in [6.45, 7) is 1.05. The highest BCUT2D eigenvalue weighted by Gasteiger charge is 2.33. The van der Waals surface area contributed by atoms with Crippen molar-refractivity contribution in [2.75, 3.05) is 6.61 Å². The van der Waals surface area contributed by atoms with E-state index in [9.17, 15) is 14.4 Å². The average Bonchev–Trinajstić information content (AvgIpc) is 3.49. The fourth-order valence-electron chi connectivity index (χ4n) is 4.51. The molecule has 1 fully saturated rings. The standard InChI is InChI=1S/C30H30N2O5/c33-28-19-23(29(34)31-28)7-2-1-5-17-36-27-9-4-3-8-24(27)20-32(25-15-16-25)30(35)22-13-11-21(12-14-22)26-10-6-18-37-26/h3-4,6,8-14,18-19,25H,1-2,5,7,15-17,20H2,(H,31,33,34). The summed E-state index contributed by atoms with van der Waals surface area (Å²) in [6.07, 6.45) is 8.19. The average molecular weight is 499 g/mol. The molecule has 7 nitrogen and oxygen atoms in total. The number of rotatable bonds is 12. The predicted octanol–water partition coefficient (Wildman–Crippen LogP) is 5.27. The summed E-state index contributed by atoms with van der Waals surface area (Å²) in [6, 6.07) is 19.4. The summed E-state index contributed by atoms with van der Waals surface area (Å²) in [5.41, 5.74) is 3.14. The Morgan fingerprint density at radius 2 is 1.78 bits per heavy atom. The van der Waals surface area contributed by atoms with Crippen molar-refractivity contribution in [2.24, 2.45) is 0 Å². The number of nitrogens with zero attached hydrogens (tertiary/aromatic N) is 1. The molecule has 1 aliphatic heterocycles. The first-order valence-corrected chi connectivity index (χ1v) is 12.8. The van der Waals surface area contributed by atoms with E-state index in [0.717, 1.165) is 54.7 Å². The lowest BCUT2D eigenvalue weighted by atomic mass is 10.1. The number of para-hydroxylation sites is 1. The van der Waals surface area contributed by atoms with Crippen LogP contribution in [0.25, 0.3) is 11.3 Å². The Balaban J connectivity index is 1.16. The summed E-state index contributed by atoms with van der Waals surface area (Å²) in [5.74, 6) is 0.980. The van der Waals surface area contributed by atoms with Gasteiger partial charge in [0.05, 0.1) is 12.9 Å².